The van der Waals surface area contributed by atoms with Crippen molar-refractivity contribution in [3.05, 3.63) is 0 Å². The van der Waals surface area contributed by atoms with Crippen LogP contribution in [-0.2, 0) is 19.1 Å². The van der Waals surface area contributed by atoms with Crippen molar-refractivity contribution in [3.63, 3.8) is 0 Å². The van der Waals surface area contributed by atoms with E-state index in [9.17, 15) is 9.59 Å². The summed E-state index contributed by atoms with van der Waals surface area (Å²) < 4.78 is 10.4. The number of ketones is 1. The monoisotopic (exact) mass is 388 g/mol. The van der Waals surface area contributed by atoms with E-state index in [-0.39, 0.29) is 34.4 Å². The fourth-order valence-corrected chi connectivity index (χ4v) is 1.96. The molecule has 0 aliphatic heterocycles. The minimum Gasteiger partial charge on any atom is -0.463 e. The molecule has 164 valence electrons. The fraction of sp³-hybridized carbons (Fsp3) is 0.913. The van der Waals surface area contributed by atoms with Crippen LogP contribution in [0.1, 0.15) is 104 Å². The second kappa shape index (κ2) is 12.5. The van der Waals surface area contributed by atoms with Crippen molar-refractivity contribution in [1.29, 1.82) is 0 Å². The van der Waals surface area contributed by atoms with Gasteiger partial charge in [-0.1, -0.05) is 34.6 Å². The molecule has 0 bridgehead atoms. The normalized spacial score (nSPS) is 12.2. The number of ether oxygens (including phenoxy) is 2. The molecule has 0 rings (SSSR count). The SMILES string of the molecule is CC(C)C(=O)C(C)(C)C.CC(C)OC(=O)C(C)(C)C.CC(C)OC(C)(C)C. The van der Waals surface area contributed by atoms with E-state index >= 15 is 0 Å². The Balaban J connectivity index is -0.000000322. The maximum atomic E-state index is 11.2. The van der Waals surface area contributed by atoms with Gasteiger partial charge in [0.1, 0.15) is 5.78 Å². The molecule has 0 saturated carbocycles. The molecule has 0 fully saturated rings. The lowest BCUT2D eigenvalue weighted by Crippen LogP contribution is -2.25. The number of carbonyl (C=O) groups is 2. The average molecular weight is 389 g/mol. The lowest BCUT2D eigenvalue weighted by molar-refractivity contribution is -0.156. The topological polar surface area (TPSA) is 52.6 Å². The molecule has 27 heavy (non-hydrogen) atoms. The highest BCUT2D eigenvalue weighted by Gasteiger charge is 2.24. The van der Waals surface area contributed by atoms with Crippen LogP contribution in [0.15, 0.2) is 0 Å². The minimum absolute atomic E-state index is 0.00766. The smallest absolute Gasteiger partial charge is 0.311 e. The van der Waals surface area contributed by atoms with Gasteiger partial charge in [-0.15, -0.1) is 0 Å². The molecule has 0 unspecified atom stereocenters. The predicted octanol–water partition coefficient (Wildman–Crippen LogP) is 6.45. The molecule has 0 spiro atoms. The highest BCUT2D eigenvalue weighted by Crippen LogP contribution is 2.19. The fourth-order valence-electron chi connectivity index (χ4n) is 1.96. The summed E-state index contributed by atoms with van der Waals surface area (Å²) in [5, 5.41) is 0. The summed E-state index contributed by atoms with van der Waals surface area (Å²) in [6.45, 7) is 29.3. The maximum Gasteiger partial charge on any atom is 0.311 e. The molecule has 0 saturated heterocycles. The van der Waals surface area contributed by atoms with Gasteiger partial charge in [0.05, 0.1) is 23.2 Å². The molecule has 0 atom stereocenters. The maximum absolute atomic E-state index is 11.2. The number of carbonyl (C=O) groups excluding carboxylic acids is 2. The molecule has 4 nitrogen and oxygen atoms in total. The lowest BCUT2D eigenvalue weighted by Gasteiger charge is -2.22. The summed E-state index contributed by atoms with van der Waals surface area (Å²) in [5.74, 6) is 0.370. The van der Waals surface area contributed by atoms with Crippen molar-refractivity contribution in [3.8, 4) is 0 Å². The summed E-state index contributed by atoms with van der Waals surface area (Å²) in [4.78, 5) is 22.2. The van der Waals surface area contributed by atoms with Gasteiger partial charge in [-0.05, 0) is 69.2 Å². The van der Waals surface area contributed by atoms with Crippen LogP contribution < -0.4 is 0 Å². The van der Waals surface area contributed by atoms with Gasteiger partial charge in [0.25, 0.3) is 0 Å². The molecule has 0 aromatic heterocycles. The van der Waals surface area contributed by atoms with Crippen LogP contribution in [0.2, 0.25) is 0 Å². The zero-order chi connectivity index (χ0) is 22.8. The molecular weight excluding hydrogens is 340 g/mol. The van der Waals surface area contributed by atoms with Gasteiger partial charge in [0.2, 0.25) is 0 Å². The first-order valence-electron chi connectivity index (χ1n) is 10.0. The van der Waals surface area contributed by atoms with Gasteiger partial charge in [-0.2, -0.15) is 0 Å². The first kappa shape index (κ1) is 30.8. The number of esters is 1. The van der Waals surface area contributed by atoms with Gasteiger partial charge < -0.3 is 9.47 Å². The molecule has 0 radical (unpaired) electrons. The first-order valence-corrected chi connectivity index (χ1v) is 10.0. The van der Waals surface area contributed by atoms with Crippen LogP contribution >= 0.6 is 0 Å². The molecule has 0 aliphatic rings. The Kier molecular flexibility index (Phi) is 14.3. The highest BCUT2D eigenvalue weighted by atomic mass is 16.5. The third kappa shape index (κ3) is 23.1. The second-order valence-corrected chi connectivity index (χ2v) is 10.8. The summed E-state index contributed by atoms with van der Waals surface area (Å²) in [6.07, 6.45) is 0.335. The van der Waals surface area contributed by atoms with Crippen molar-refractivity contribution in [1.82, 2.24) is 0 Å². The Morgan fingerprint density at radius 3 is 1.04 bits per heavy atom. The third-order valence-corrected chi connectivity index (χ3v) is 2.81. The number of rotatable bonds is 3. The summed E-state index contributed by atoms with van der Waals surface area (Å²) in [7, 11) is 0. The summed E-state index contributed by atoms with van der Waals surface area (Å²) in [5.41, 5.74) is -0.507. The van der Waals surface area contributed by atoms with E-state index < -0.39 is 0 Å². The quantitative estimate of drug-likeness (QED) is 0.521. The summed E-state index contributed by atoms with van der Waals surface area (Å²) >= 11 is 0. The summed E-state index contributed by atoms with van der Waals surface area (Å²) in [6, 6.07) is 0. The van der Waals surface area contributed by atoms with Crippen LogP contribution in [-0.4, -0.2) is 29.6 Å². The Labute approximate surface area is 169 Å². The number of Topliss-reactive ketones (excluding diaryl/α,β-unsaturated/α-hetero) is 1. The molecule has 4 heteroatoms. The zero-order valence-corrected chi connectivity index (χ0v) is 20.9. The molecular formula is C23H48O4. The minimum atomic E-state index is -0.371. The number of hydrogen-bond donors (Lipinski definition) is 0. The molecule has 0 N–H and O–H groups in total. The molecule has 0 heterocycles. The van der Waals surface area contributed by atoms with E-state index in [2.05, 4.69) is 20.8 Å². The largest absolute Gasteiger partial charge is 0.463 e. The van der Waals surface area contributed by atoms with Crippen LogP contribution in [0.3, 0.4) is 0 Å². The van der Waals surface area contributed by atoms with Crippen LogP contribution in [0.5, 0.6) is 0 Å². The molecule has 0 amide bonds. The van der Waals surface area contributed by atoms with Crippen LogP contribution in [0, 0.1) is 16.7 Å². The first-order chi connectivity index (χ1) is 11.6. The van der Waals surface area contributed by atoms with Crippen molar-refractivity contribution in [2.24, 2.45) is 16.7 Å². The Morgan fingerprint density at radius 1 is 0.630 bits per heavy atom. The predicted molar refractivity (Wildman–Crippen MR) is 116 cm³/mol. The Morgan fingerprint density at radius 2 is 1.00 bits per heavy atom. The van der Waals surface area contributed by atoms with Gasteiger partial charge in [0, 0.05) is 11.3 Å². The van der Waals surface area contributed by atoms with E-state index in [1.54, 1.807) is 0 Å². The Hall–Kier alpha value is -0.900. The highest BCUT2D eigenvalue weighted by molar-refractivity contribution is 5.85. The van der Waals surface area contributed by atoms with E-state index in [0.29, 0.717) is 11.9 Å². The van der Waals surface area contributed by atoms with Gasteiger partial charge in [0.15, 0.2) is 0 Å². The van der Waals surface area contributed by atoms with Gasteiger partial charge in [-0.25, -0.2) is 0 Å². The van der Waals surface area contributed by atoms with Crippen molar-refractivity contribution in [2.45, 2.75) is 122 Å². The van der Waals surface area contributed by atoms with Crippen molar-refractivity contribution in [2.75, 3.05) is 0 Å². The van der Waals surface area contributed by atoms with E-state index in [1.807, 2.05) is 83.1 Å². The molecule has 0 aliphatic carbocycles. The second-order valence-electron chi connectivity index (χ2n) is 10.8. The van der Waals surface area contributed by atoms with Crippen LogP contribution in [0.25, 0.3) is 0 Å². The van der Waals surface area contributed by atoms with Gasteiger partial charge >= 0.3 is 5.97 Å². The third-order valence-electron chi connectivity index (χ3n) is 2.81. The van der Waals surface area contributed by atoms with Gasteiger partial charge in [-0.3, -0.25) is 9.59 Å². The Bertz CT molecular complexity index is 413. The molecule has 0 aromatic carbocycles. The molecule has 0 aromatic rings. The van der Waals surface area contributed by atoms with Crippen LogP contribution in [0.4, 0.5) is 0 Å². The number of hydrogen-bond acceptors (Lipinski definition) is 4. The van der Waals surface area contributed by atoms with Crippen molar-refractivity contribution < 1.29 is 19.1 Å². The lowest BCUT2D eigenvalue weighted by atomic mass is 9.85. The standard InChI is InChI=1S/C8H16O2.C8H16O.C7H16O/c1-6(2)10-7(9)8(3,4)5;1-6(2)7(9)8(3,4)5;1-6(2)8-7(3,4)5/h6H,1-5H3;6H,1-5H3;6H,1-5H3. The zero-order valence-electron chi connectivity index (χ0n) is 20.9. The van der Waals surface area contributed by atoms with Crippen molar-refractivity contribution >= 4 is 11.8 Å². The van der Waals surface area contributed by atoms with E-state index in [4.69, 9.17) is 9.47 Å². The van der Waals surface area contributed by atoms with E-state index in [1.165, 1.54) is 0 Å². The van der Waals surface area contributed by atoms with E-state index in [0.717, 1.165) is 0 Å². The average Bonchev–Trinajstić information content (AvgIpc) is 2.32.